The molecule has 1 aromatic rings. The minimum absolute atomic E-state index is 0.00594. The smallest absolute Gasteiger partial charge is 0.241 e. The predicted molar refractivity (Wildman–Crippen MR) is 88.1 cm³/mol. The van der Waals surface area contributed by atoms with Crippen molar-refractivity contribution >= 4 is 17.4 Å². The van der Waals surface area contributed by atoms with Crippen molar-refractivity contribution < 1.29 is 14.7 Å². The molecule has 22 heavy (non-hydrogen) atoms. The van der Waals surface area contributed by atoms with Gasteiger partial charge in [-0.25, -0.2) is 0 Å². The molecule has 0 fully saturated rings. The van der Waals surface area contributed by atoms with Crippen molar-refractivity contribution in [2.45, 2.75) is 46.3 Å². The summed E-state index contributed by atoms with van der Waals surface area (Å²) in [7, 11) is 0. The zero-order valence-electron chi connectivity index (χ0n) is 14.0. The van der Waals surface area contributed by atoms with E-state index in [1.54, 1.807) is 38.1 Å². The van der Waals surface area contributed by atoms with Crippen LogP contribution in [0.15, 0.2) is 24.3 Å². The molecule has 0 aliphatic carbocycles. The Kier molecular flexibility index (Phi) is 6.26. The molecule has 0 aliphatic rings. The van der Waals surface area contributed by atoms with E-state index in [2.05, 4.69) is 5.32 Å². The maximum absolute atomic E-state index is 12.3. The van der Waals surface area contributed by atoms with Gasteiger partial charge in [-0.15, -0.1) is 0 Å². The summed E-state index contributed by atoms with van der Waals surface area (Å²) < 4.78 is 0. The number of hydrogen-bond donors (Lipinski definition) is 2. The Morgan fingerprint density at radius 1 is 1.27 bits per heavy atom. The van der Waals surface area contributed by atoms with E-state index in [0.717, 1.165) is 0 Å². The Morgan fingerprint density at radius 3 is 2.23 bits per heavy atom. The number of nitrogens with one attached hydrogen (secondary N) is 1. The van der Waals surface area contributed by atoms with E-state index in [-0.39, 0.29) is 17.7 Å². The van der Waals surface area contributed by atoms with Crippen molar-refractivity contribution in [1.82, 2.24) is 4.90 Å². The summed E-state index contributed by atoms with van der Waals surface area (Å²) in [6, 6.07) is 6.46. The number of hydrogen-bond acceptors (Lipinski definition) is 4. The SMILES string of the molecule is CCN(CC(C)(C)O)C(C)C(=O)Nc1ccc(C(C)=O)cc1. The van der Waals surface area contributed by atoms with Crippen LogP contribution >= 0.6 is 0 Å². The van der Waals surface area contributed by atoms with Crippen LogP contribution in [0, 0.1) is 0 Å². The number of amides is 1. The van der Waals surface area contributed by atoms with E-state index in [0.29, 0.717) is 24.3 Å². The van der Waals surface area contributed by atoms with E-state index >= 15 is 0 Å². The maximum atomic E-state index is 12.3. The third kappa shape index (κ3) is 5.58. The van der Waals surface area contributed by atoms with E-state index in [9.17, 15) is 14.7 Å². The normalized spacial score (nSPS) is 13.0. The monoisotopic (exact) mass is 306 g/mol. The Bertz CT molecular complexity index is 518. The van der Waals surface area contributed by atoms with Crippen LogP contribution in [-0.2, 0) is 4.79 Å². The first-order valence-electron chi connectivity index (χ1n) is 7.52. The van der Waals surface area contributed by atoms with E-state index in [1.165, 1.54) is 6.92 Å². The lowest BCUT2D eigenvalue weighted by Crippen LogP contribution is -2.48. The Hall–Kier alpha value is -1.72. The maximum Gasteiger partial charge on any atom is 0.241 e. The lowest BCUT2D eigenvalue weighted by molar-refractivity contribution is -0.121. The number of carbonyl (C=O) groups excluding carboxylic acids is 2. The molecular weight excluding hydrogens is 280 g/mol. The van der Waals surface area contributed by atoms with Gasteiger partial charge in [-0.2, -0.15) is 0 Å². The molecular formula is C17H26N2O3. The predicted octanol–water partition coefficient (Wildman–Crippen LogP) is 2.31. The van der Waals surface area contributed by atoms with Crippen LogP contribution in [0.2, 0.25) is 0 Å². The van der Waals surface area contributed by atoms with Crippen molar-refractivity contribution in [1.29, 1.82) is 0 Å². The number of Topliss-reactive ketones (excluding diaryl/α,β-unsaturated/α-hetero) is 1. The molecule has 1 amide bonds. The standard InChI is InChI=1S/C17H26N2O3/c1-6-19(11-17(4,5)22)12(2)16(21)18-15-9-7-14(8-10-15)13(3)20/h7-10,12,22H,6,11H2,1-5H3,(H,18,21). The van der Waals surface area contributed by atoms with Gasteiger partial charge in [0.2, 0.25) is 5.91 Å². The molecule has 5 nitrogen and oxygen atoms in total. The van der Waals surface area contributed by atoms with Gasteiger partial charge in [0.05, 0.1) is 11.6 Å². The number of anilines is 1. The van der Waals surface area contributed by atoms with E-state index < -0.39 is 5.60 Å². The summed E-state index contributed by atoms with van der Waals surface area (Å²) >= 11 is 0. The number of ketones is 1. The highest BCUT2D eigenvalue weighted by molar-refractivity contribution is 5.96. The van der Waals surface area contributed by atoms with Crippen molar-refractivity contribution in [3.05, 3.63) is 29.8 Å². The first-order chi connectivity index (χ1) is 10.1. The second-order valence-electron chi connectivity index (χ2n) is 6.17. The summed E-state index contributed by atoms with van der Waals surface area (Å²) in [5.41, 5.74) is 0.414. The summed E-state index contributed by atoms with van der Waals surface area (Å²) in [6.45, 7) is 9.81. The summed E-state index contributed by atoms with van der Waals surface area (Å²) in [5, 5.41) is 12.8. The zero-order valence-corrected chi connectivity index (χ0v) is 14.0. The number of nitrogens with zero attached hydrogens (tertiary/aromatic N) is 1. The van der Waals surface area contributed by atoms with Crippen molar-refractivity contribution in [3.8, 4) is 0 Å². The molecule has 1 unspecified atom stereocenters. The minimum atomic E-state index is -0.853. The molecule has 0 spiro atoms. The molecule has 0 aromatic heterocycles. The third-order valence-electron chi connectivity index (χ3n) is 3.48. The molecule has 0 saturated heterocycles. The van der Waals surface area contributed by atoms with Crippen molar-refractivity contribution in [2.24, 2.45) is 0 Å². The van der Waals surface area contributed by atoms with Crippen molar-refractivity contribution in [2.75, 3.05) is 18.4 Å². The topological polar surface area (TPSA) is 69.6 Å². The minimum Gasteiger partial charge on any atom is -0.389 e. The Balaban J connectivity index is 2.72. The van der Waals surface area contributed by atoms with Crippen LogP contribution in [0.5, 0.6) is 0 Å². The zero-order chi connectivity index (χ0) is 16.9. The average molecular weight is 306 g/mol. The van der Waals surface area contributed by atoms with Gasteiger partial charge in [0, 0.05) is 17.8 Å². The van der Waals surface area contributed by atoms with Crippen LogP contribution < -0.4 is 5.32 Å². The van der Waals surface area contributed by atoms with Gasteiger partial charge < -0.3 is 10.4 Å². The van der Waals surface area contributed by atoms with Gasteiger partial charge >= 0.3 is 0 Å². The first-order valence-corrected chi connectivity index (χ1v) is 7.52. The van der Waals surface area contributed by atoms with Crippen LogP contribution in [0.1, 0.15) is 45.0 Å². The second-order valence-corrected chi connectivity index (χ2v) is 6.17. The fourth-order valence-corrected chi connectivity index (χ4v) is 2.22. The van der Waals surface area contributed by atoms with E-state index in [4.69, 9.17) is 0 Å². The molecule has 0 radical (unpaired) electrons. The summed E-state index contributed by atoms with van der Waals surface area (Å²) in [4.78, 5) is 25.5. The highest BCUT2D eigenvalue weighted by Gasteiger charge is 2.25. The van der Waals surface area contributed by atoms with Gasteiger partial charge in [0.25, 0.3) is 0 Å². The lowest BCUT2D eigenvalue weighted by atomic mass is 10.1. The molecule has 2 N–H and O–H groups in total. The summed E-state index contributed by atoms with van der Waals surface area (Å²) in [5.74, 6) is -0.143. The largest absolute Gasteiger partial charge is 0.389 e. The molecule has 0 aliphatic heterocycles. The molecule has 1 rings (SSSR count). The molecule has 0 heterocycles. The molecule has 0 saturated carbocycles. The highest BCUT2D eigenvalue weighted by Crippen LogP contribution is 2.13. The number of benzene rings is 1. The summed E-state index contributed by atoms with van der Waals surface area (Å²) in [6.07, 6.45) is 0. The van der Waals surface area contributed by atoms with Gasteiger partial charge in [-0.3, -0.25) is 14.5 Å². The fraction of sp³-hybridized carbons (Fsp3) is 0.529. The van der Waals surface area contributed by atoms with Gasteiger partial charge in [0.15, 0.2) is 5.78 Å². The van der Waals surface area contributed by atoms with E-state index in [1.807, 2.05) is 18.7 Å². The molecule has 1 atom stereocenters. The second kappa shape index (κ2) is 7.51. The quantitative estimate of drug-likeness (QED) is 0.759. The lowest BCUT2D eigenvalue weighted by Gasteiger charge is -2.32. The van der Waals surface area contributed by atoms with Gasteiger partial charge in [-0.1, -0.05) is 6.92 Å². The Morgan fingerprint density at radius 2 is 1.82 bits per heavy atom. The number of aliphatic hydroxyl groups is 1. The highest BCUT2D eigenvalue weighted by atomic mass is 16.3. The fourth-order valence-electron chi connectivity index (χ4n) is 2.22. The molecule has 5 heteroatoms. The molecule has 122 valence electrons. The number of likely N-dealkylation sites (N-methyl/N-ethyl adjacent to an activating group) is 1. The number of carbonyl (C=O) groups is 2. The van der Waals surface area contributed by atoms with Gasteiger partial charge in [0.1, 0.15) is 0 Å². The number of rotatable bonds is 7. The average Bonchev–Trinajstić information content (AvgIpc) is 2.43. The van der Waals surface area contributed by atoms with Crippen molar-refractivity contribution in [3.63, 3.8) is 0 Å². The van der Waals surface area contributed by atoms with Crippen LogP contribution in [0.3, 0.4) is 0 Å². The molecule has 0 bridgehead atoms. The third-order valence-corrected chi connectivity index (χ3v) is 3.48. The van der Waals surface area contributed by atoms with Crippen LogP contribution in [-0.4, -0.2) is 46.4 Å². The molecule has 1 aromatic carbocycles. The van der Waals surface area contributed by atoms with Crippen LogP contribution in [0.25, 0.3) is 0 Å². The Labute approximate surface area is 132 Å². The van der Waals surface area contributed by atoms with Gasteiger partial charge in [-0.05, 0) is 58.5 Å². The first kappa shape index (κ1) is 18.3. The van der Waals surface area contributed by atoms with Crippen LogP contribution in [0.4, 0.5) is 5.69 Å².